The molecular weight excluding hydrogens is 344 g/mol. The van der Waals surface area contributed by atoms with Gasteiger partial charge in [0, 0.05) is 40.6 Å². The Labute approximate surface area is 141 Å². The molecule has 116 valence electrons. The lowest BCUT2D eigenvalue weighted by Crippen LogP contribution is -2.60. The average Bonchev–Trinajstić information content (AvgIpc) is 2.54. The largest absolute Gasteiger partial charge is 0.329 e. The highest BCUT2D eigenvalue weighted by molar-refractivity contribution is 9.10. The van der Waals surface area contributed by atoms with Crippen LogP contribution in [-0.4, -0.2) is 41.1 Å². The van der Waals surface area contributed by atoms with Gasteiger partial charge < -0.3 is 5.73 Å². The predicted octanol–water partition coefficient (Wildman–Crippen LogP) is 3.46. The molecule has 1 aromatic carbocycles. The van der Waals surface area contributed by atoms with Crippen molar-refractivity contribution in [3.8, 4) is 0 Å². The summed E-state index contributed by atoms with van der Waals surface area (Å²) in [7, 11) is 0. The minimum Gasteiger partial charge on any atom is -0.329 e. The third kappa shape index (κ3) is 3.19. The summed E-state index contributed by atoms with van der Waals surface area (Å²) in [5.74, 6) is 1.26. The van der Waals surface area contributed by atoms with E-state index in [1.54, 1.807) is 0 Å². The number of rotatable bonds is 3. The number of hydrogen-bond acceptors (Lipinski definition) is 3. The first kappa shape index (κ1) is 15.9. The molecule has 2 unspecified atom stereocenters. The van der Waals surface area contributed by atoms with Gasteiger partial charge in [0.05, 0.1) is 0 Å². The van der Waals surface area contributed by atoms with Crippen LogP contribution in [0.3, 0.4) is 0 Å². The van der Waals surface area contributed by atoms with Crippen molar-refractivity contribution < 1.29 is 0 Å². The molecular formula is C17H25BrN2S. The van der Waals surface area contributed by atoms with Gasteiger partial charge in [-0.25, -0.2) is 0 Å². The summed E-state index contributed by atoms with van der Waals surface area (Å²) in [5, 5.41) is 0.786. The first-order chi connectivity index (χ1) is 10.2. The minimum absolute atomic E-state index is 0.190. The lowest BCUT2D eigenvalue weighted by molar-refractivity contribution is 0.0824. The molecule has 2 N–H and O–H groups in total. The molecule has 3 rings (SSSR count). The SMILES string of the molecule is CCC1CN(C2(CN)CCc3cc(Br)ccc3C2)CCS1. The van der Waals surface area contributed by atoms with Crippen molar-refractivity contribution in [2.24, 2.45) is 5.73 Å². The lowest BCUT2D eigenvalue weighted by atomic mass is 9.76. The predicted molar refractivity (Wildman–Crippen MR) is 96.1 cm³/mol. The topological polar surface area (TPSA) is 29.3 Å². The smallest absolute Gasteiger partial charge is 0.0376 e. The van der Waals surface area contributed by atoms with Gasteiger partial charge in [-0.2, -0.15) is 11.8 Å². The van der Waals surface area contributed by atoms with Crippen molar-refractivity contribution in [2.75, 3.05) is 25.4 Å². The molecule has 0 aromatic heterocycles. The van der Waals surface area contributed by atoms with E-state index in [9.17, 15) is 0 Å². The number of aryl methyl sites for hydroxylation is 1. The standard InChI is InChI=1S/C17H25BrN2S/c1-2-16-11-20(7-8-21-16)17(12-19)6-5-13-9-15(18)4-3-14(13)10-17/h3-4,9,16H,2,5-8,10-12,19H2,1H3. The second-order valence-electron chi connectivity index (χ2n) is 6.37. The van der Waals surface area contributed by atoms with E-state index in [0.717, 1.165) is 24.6 Å². The van der Waals surface area contributed by atoms with Crippen LogP contribution >= 0.6 is 27.7 Å². The molecule has 1 aromatic rings. The maximum atomic E-state index is 6.29. The molecule has 1 fully saturated rings. The van der Waals surface area contributed by atoms with E-state index >= 15 is 0 Å². The molecule has 1 saturated heterocycles. The number of thioether (sulfide) groups is 1. The Hall–Kier alpha value is -0.0300. The first-order valence-corrected chi connectivity index (χ1v) is 9.85. The quantitative estimate of drug-likeness (QED) is 0.885. The van der Waals surface area contributed by atoms with Gasteiger partial charge in [-0.15, -0.1) is 0 Å². The highest BCUT2D eigenvalue weighted by Gasteiger charge is 2.40. The fourth-order valence-electron chi connectivity index (χ4n) is 3.78. The molecule has 4 heteroatoms. The van der Waals surface area contributed by atoms with Crippen LogP contribution in [-0.2, 0) is 12.8 Å². The summed E-state index contributed by atoms with van der Waals surface area (Å²) >= 11 is 5.73. The highest BCUT2D eigenvalue weighted by Crippen LogP contribution is 2.36. The number of hydrogen-bond donors (Lipinski definition) is 1. The molecule has 0 bridgehead atoms. The molecule has 0 saturated carbocycles. The van der Waals surface area contributed by atoms with Gasteiger partial charge in [-0.3, -0.25) is 4.90 Å². The van der Waals surface area contributed by atoms with Gasteiger partial charge in [0.15, 0.2) is 0 Å². The maximum Gasteiger partial charge on any atom is 0.0376 e. The van der Waals surface area contributed by atoms with Crippen molar-refractivity contribution >= 4 is 27.7 Å². The van der Waals surface area contributed by atoms with E-state index in [-0.39, 0.29) is 5.54 Å². The van der Waals surface area contributed by atoms with Crippen LogP contribution in [0.4, 0.5) is 0 Å². The van der Waals surface area contributed by atoms with E-state index in [2.05, 4.69) is 57.7 Å². The molecule has 0 spiro atoms. The molecule has 0 radical (unpaired) electrons. The summed E-state index contributed by atoms with van der Waals surface area (Å²) in [6, 6.07) is 6.75. The molecule has 2 nitrogen and oxygen atoms in total. The molecule has 21 heavy (non-hydrogen) atoms. The number of fused-ring (bicyclic) bond motifs is 1. The minimum atomic E-state index is 0.190. The molecule has 1 aliphatic carbocycles. The van der Waals surface area contributed by atoms with Crippen LogP contribution in [0, 0.1) is 0 Å². The second kappa shape index (κ2) is 6.61. The summed E-state index contributed by atoms with van der Waals surface area (Å²) in [4.78, 5) is 2.71. The maximum absolute atomic E-state index is 6.29. The zero-order valence-corrected chi connectivity index (χ0v) is 15.2. The fourth-order valence-corrected chi connectivity index (χ4v) is 5.37. The number of benzene rings is 1. The summed E-state index contributed by atoms with van der Waals surface area (Å²) in [6.07, 6.45) is 4.75. The Bertz CT molecular complexity index is 508. The normalized spacial score (nSPS) is 30.1. The molecule has 1 heterocycles. The number of nitrogens with two attached hydrogens (primary N) is 1. The third-order valence-corrected chi connectivity index (χ3v) is 7.06. The Kier molecular flexibility index (Phi) is 4.99. The van der Waals surface area contributed by atoms with E-state index < -0.39 is 0 Å². The van der Waals surface area contributed by atoms with Crippen molar-refractivity contribution in [1.82, 2.24) is 4.90 Å². The van der Waals surface area contributed by atoms with Gasteiger partial charge in [0.1, 0.15) is 0 Å². The number of halogens is 1. The van der Waals surface area contributed by atoms with E-state index in [1.165, 1.54) is 47.3 Å². The Morgan fingerprint density at radius 3 is 3.05 bits per heavy atom. The van der Waals surface area contributed by atoms with Crippen molar-refractivity contribution in [1.29, 1.82) is 0 Å². The fraction of sp³-hybridized carbons (Fsp3) is 0.647. The third-order valence-electron chi connectivity index (χ3n) is 5.19. The van der Waals surface area contributed by atoms with Crippen molar-refractivity contribution in [3.63, 3.8) is 0 Å². The zero-order valence-electron chi connectivity index (χ0n) is 12.8. The molecule has 2 atom stereocenters. The summed E-state index contributed by atoms with van der Waals surface area (Å²) in [5.41, 5.74) is 9.48. The highest BCUT2D eigenvalue weighted by atomic mass is 79.9. The lowest BCUT2D eigenvalue weighted by Gasteiger charge is -2.49. The molecule has 0 amide bonds. The Balaban J connectivity index is 1.83. The number of nitrogens with zero attached hydrogens (tertiary/aromatic N) is 1. The van der Waals surface area contributed by atoms with Crippen molar-refractivity contribution in [3.05, 3.63) is 33.8 Å². The van der Waals surface area contributed by atoms with Gasteiger partial charge >= 0.3 is 0 Å². The van der Waals surface area contributed by atoms with E-state index in [4.69, 9.17) is 5.73 Å². The Morgan fingerprint density at radius 1 is 1.43 bits per heavy atom. The van der Waals surface area contributed by atoms with Gasteiger partial charge in [-0.05, 0) is 48.9 Å². The van der Waals surface area contributed by atoms with Crippen LogP contribution in [0.2, 0.25) is 0 Å². The first-order valence-electron chi connectivity index (χ1n) is 8.01. The van der Waals surface area contributed by atoms with Crippen LogP contribution < -0.4 is 5.73 Å². The van der Waals surface area contributed by atoms with Crippen LogP contribution in [0.5, 0.6) is 0 Å². The zero-order chi connectivity index (χ0) is 14.9. The van der Waals surface area contributed by atoms with Gasteiger partial charge in [0.25, 0.3) is 0 Å². The molecule has 1 aliphatic heterocycles. The van der Waals surface area contributed by atoms with Crippen LogP contribution in [0.25, 0.3) is 0 Å². The monoisotopic (exact) mass is 368 g/mol. The van der Waals surface area contributed by atoms with E-state index in [1.807, 2.05) is 0 Å². The van der Waals surface area contributed by atoms with Crippen LogP contribution in [0.1, 0.15) is 30.9 Å². The van der Waals surface area contributed by atoms with E-state index in [0.29, 0.717) is 0 Å². The summed E-state index contributed by atoms with van der Waals surface area (Å²) in [6.45, 7) is 5.50. The van der Waals surface area contributed by atoms with Crippen molar-refractivity contribution in [2.45, 2.75) is 43.4 Å². The molecule has 2 aliphatic rings. The second-order valence-corrected chi connectivity index (χ2v) is 8.69. The van der Waals surface area contributed by atoms with Gasteiger partial charge in [0.2, 0.25) is 0 Å². The Morgan fingerprint density at radius 2 is 2.29 bits per heavy atom. The average molecular weight is 369 g/mol. The van der Waals surface area contributed by atoms with Crippen LogP contribution in [0.15, 0.2) is 22.7 Å². The van der Waals surface area contributed by atoms with Gasteiger partial charge in [-0.1, -0.05) is 28.9 Å². The summed E-state index contributed by atoms with van der Waals surface area (Å²) < 4.78 is 1.20.